The highest BCUT2D eigenvalue weighted by atomic mass is 16.6. The number of amides is 1. The monoisotopic (exact) mass is 422 g/mol. The minimum absolute atomic E-state index is 0.169. The van der Waals surface area contributed by atoms with Crippen molar-refractivity contribution >= 4 is 11.6 Å². The third-order valence-electron chi connectivity index (χ3n) is 4.81. The lowest BCUT2D eigenvalue weighted by molar-refractivity contribution is -0.384. The number of carbonyl (C=O) groups is 1. The van der Waals surface area contributed by atoms with Crippen LogP contribution in [0.4, 0.5) is 5.69 Å². The molecule has 160 valence electrons. The van der Waals surface area contributed by atoms with Crippen molar-refractivity contribution < 1.29 is 14.5 Å². The molecule has 2 aromatic carbocycles. The molecular weight excluding hydrogens is 400 g/mol. The van der Waals surface area contributed by atoms with Crippen molar-refractivity contribution in [3.63, 3.8) is 0 Å². The number of para-hydroxylation sites is 2. The van der Waals surface area contributed by atoms with Crippen LogP contribution in [0.25, 0.3) is 5.69 Å². The van der Waals surface area contributed by atoms with E-state index in [0.717, 1.165) is 11.1 Å². The molecule has 0 atom stereocenters. The van der Waals surface area contributed by atoms with Crippen LogP contribution in [0.2, 0.25) is 0 Å². The lowest BCUT2D eigenvalue weighted by Crippen LogP contribution is -2.33. The number of methoxy groups -OCH3 is 1. The van der Waals surface area contributed by atoms with E-state index in [1.54, 1.807) is 27.1 Å². The van der Waals surface area contributed by atoms with Crippen LogP contribution in [0.3, 0.4) is 0 Å². The summed E-state index contributed by atoms with van der Waals surface area (Å²) in [5, 5.41) is 15.6. The molecule has 0 N–H and O–H groups in total. The predicted octanol–water partition coefficient (Wildman–Crippen LogP) is 3.04. The summed E-state index contributed by atoms with van der Waals surface area (Å²) >= 11 is 0. The third-order valence-corrected chi connectivity index (χ3v) is 4.81. The molecule has 0 aliphatic rings. The molecule has 0 spiro atoms. The summed E-state index contributed by atoms with van der Waals surface area (Å²) in [6, 6.07) is 12.9. The Bertz CT molecular complexity index is 1220. The molecular formula is C22H22N4O5. The number of rotatable bonds is 6. The molecule has 0 saturated heterocycles. The second kappa shape index (κ2) is 8.78. The van der Waals surface area contributed by atoms with Gasteiger partial charge in [0.25, 0.3) is 11.6 Å². The van der Waals surface area contributed by atoms with E-state index in [2.05, 4.69) is 5.10 Å². The van der Waals surface area contributed by atoms with E-state index in [1.807, 2.05) is 25.1 Å². The van der Waals surface area contributed by atoms with Gasteiger partial charge in [-0.25, -0.2) is 4.68 Å². The average Bonchev–Trinajstić information content (AvgIpc) is 2.73. The van der Waals surface area contributed by atoms with Crippen molar-refractivity contribution in [3.8, 4) is 11.4 Å². The van der Waals surface area contributed by atoms with Crippen LogP contribution >= 0.6 is 0 Å². The second-order valence-corrected chi connectivity index (χ2v) is 7.13. The average molecular weight is 422 g/mol. The van der Waals surface area contributed by atoms with Crippen LogP contribution in [-0.4, -0.2) is 39.7 Å². The lowest BCUT2D eigenvalue weighted by atomic mass is 10.1. The van der Waals surface area contributed by atoms with Crippen LogP contribution in [0, 0.1) is 24.0 Å². The molecule has 9 nitrogen and oxygen atoms in total. The number of ether oxygens (including phenoxy) is 1. The summed E-state index contributed by atoms with van der Waals surface area (Å²) in [5.74, 6) is 0.0281. The van der Waals surface area contributed by atoms with E-state index in [0.29, 0.717) is 11.4 Å². The minimum atomic E-state index is -0.596. The first-order valence-corrected chi connectivity index (χ1v) is 9.46. The highest BCUT2D eigenvalue weighted by Gasteiger charge is 2.23. The fraction of sp³-hybridized carbons (Fsp3) is 0.227. The van der Waals surface area contributed by atoms with Gasteiger partial charge < -0.3 is 9.64 Å². The smallest absolute Gasteiger partial charge is 0.294 e. The fourth-order valence-electron chi connectivity index (χ4n) is 3.28. The van der Waals surface area contributed by atoms with Gasteiger partial charge in [-0.2, -0.15) is 5.10 Å². The first-order chi connectivity index (χ1) is 14.7. The number of benzene rings is 2. The molecule has 3 aromatic rings. The normalized spacial score (nSPS) is 10.6. The van der Waals surface area contributed by atoms with Crippen molar-refractivity contribution in [1.29, 1.82) is 0 Å². The Morgan fingerprint density at radius 3 is 2.58 bits per heavy atom. The van der Waals surface area contributed by atoms with Crippen molar-refractivity contribution in [2.45, 2.75) is 20.4 Å². The Morgan fingerprint density at radius 1 is 1.19 bits per heavy atom. The number of nitro benzene ring substituents is 1. The molecule has 0 aliphatic carbocycles. The van der Waals surface area contributed by atoms with Gasteiger partial charge in [0.1, 0.15) is 11.4 Å². The molecule has 0 bridgehead atoms. The molecule has 1 amide bonds. The number of hydrogen-bond donors (Lipinski definition) is 0. The molecule has 3 rings (SSSR count). The van der Waals surface area contributed by atoms with Gasteiger partial charge in [0, 0.05) is 37.0 Å². The number of nitro groups is 1. The maximum absolute atomic E-state index is 13.0. The maximum Gasteiger partial charge on any atom is 0.294 e. The summed E-state index contributed by atoms with van der Waals surface area (Å²) in [7, 11) is 3.10. The number of aryl methyl sites for hydroxylation is 2. The highest BCUT2D eigenvalue weighted by molar-refractivity contribution is 5.92. The first-order valence-electron chi connectivity index (χ1n) is 9.46. The maximum atomic E-state index is 13.0. The Balaban J connectivity index is 2.01. The van der Waals surface area contributed by atoms with Gasteiger partial charge in [-0.3, -0.25) is 19.7 Å². The third kappa shape index (κ3) is 4.45. The largest absolute Gasteiger partial charge is 0.496 e. The van der Waals surface area contributed by atoms with Gasteiger partial charge in [-0.05, 0) is 26.0 Å². The molecule has 1 heterocycles. The van der Waals surface area contributed by atoms with Gasteiger partial charge in [0.15, 0.2) is 5.69 Å². The highest BCUT2D eigenvalue weighted by Crippen LogP contribution is 2.23. The Morgan fingerprint density at radius 2 is 1.90 bits per heavy atom. The summed E-state index contributed by atoms with van der Waals surface area (Å²) in [5.41, 5.74) is 1.27. The molecule has 0 unspecified atom stereocenters. The summed E-state index contributed by atoms with van der Waals surface area (Å²) in [6.45, 7) is 3.72. The fourth-order valence-corrected chi connectivity index (χ4v) is 3.28. The van der Waals surface area contributed by atoms with E-state index in [1.165, 1.54) is 33.8 Å². The van der Waals surface area contributed by atoms with Crippen LogP contribution in [0.5, 0.6) is 5.75 Å². The molecule has 1 aromatic heterocycles. The second-order valence-electron chi connectivity index (χ2n) is 7.13. The Labute approximate surface area is 178 Å². The summed E-state index contributed by atoms with van der Waals surface area (Å²) in [4.78, 5) is 37.8. The van der Waals surface area contributed by atoms with Gasteiger partial charge in [0.05, 0.1) is 12.0 Å². The predicted molar refractivity (Wildman–Crippen MR) is 115 cm³/mol. The molecule has 0 fully saturated rings. The van der Waals surface area contributed by atoms with Crippen LogP contribution < -0.4 is 10.2 Å². The van der Waals surface area contributed by atoms with Crippen LogP contribution in [0.1, 0.15) is 27.3 Å². The zero-order chi connectivity index (χ0) is 22.7. The Hall–Kier alpha value is -4.01. The zero-order valence-electron chi connectivity index (χ0n) is 17.7. The number of hydrogen-bond acceptors (Lipinski definition) is 6. The van der Waals surface area contributed by atoms with E-state index in [4.69, 9.17) is 4.74 Å². The van der Waals surface area contributed by atoms with Crippen LogP contribution in [-0.2, 0) is 6.54 Å². The van der Waals surface area contributed by atoms with Crippen LogP contribution in [0.15, 0.2) is 53.3 Å². The standard InChI is InChI=1S/C22H22N4O5/c1-14-9-10-20(31-4)16(11-14)13-24(3)22(28)21-19(27)12-15(2)25(23-21)17-7-5-6-8-18(17)26(29)30/h5-12H,13H2,1-4H3. The van der Waals surface area contributed by atoms with E-state index >= 15 is 0 Å². The zero-order valence-corrected chi connectivity index (χ0v) is 17.7. The minimum Gasteiger partial charge on any atom is -0.496 e. The number of aromatic nitrogens is 2. The summed E-state index contributed by atoms with van der Waals surface area (Å²) in [6.07, 6.45) is 0. The van der Waals surface area contributed by atoms with E-state index in [9.17, 15) is 19.7 Å². The van der Waals surface area contributed by atoms with Gasteiger partial charge in [-0.1, -0.05) is 29.8 Å². The molecule has 0 aliphatic heterocycles. The van der Waals surface area contributed by atoms with Gasteiger partial charge >= 0.3 is 0 Å². The topological polar surface area (TPSA) is 108 Å². The summed E-state index contributed by atoms with van der Waals surface area (Å²) < 4.78 is 6.60. The molecule has 31 heavy (non-hydrogen) atoms. The number of nitrogens with zero attached hydrogens (tertiary/aromatic N) is 4. The lowest BCUT2D eigenvalue weighted by Gasteiger charge is -2.19. The molecule has 9 heteroatoms. The van der Waals surface area contributed by atoms with Gasteiger partial charge in [0.2, 0.25) is 5.43 Å². The van der Waals surface area contributed by atoms with Crippen molar-refractivity contribution in [2.75, 3.05) is 14.2 Å². The van der Waals surface area contributed by atoms with E-state index < -0.39 is 16.3 Å². The Kier molecular flexibility index (Phi) is 6.15. The molecule has 0 radical (unpaired) electrons. The molecule has 0 saturated carbocycles. The van der Waals surface area contributed by atoms with E-state index in [-0.39, 0.29) is 23.6 Å². The van der Waals surface area contributed by atoms with Crippen molar-refractivity contribution in [2.24, 2.45) is 0 Å². The van der Waals surface area contributed by atoms with Crippen molar-refractivity contribution in [3.05, 3.63) is 91.4 Å². The van der Waals surface area contributed by atoms with Crippen molar-refractivity contribution in [1.82, 2.24) is 14.7 Å². The van der Waals surface area contributed by atoms with Gasteiger partial charge in [-0.15, -0.1) is 0 Å². The first kappa shape index (κ1) is 21.7. The SMILES string of the molecule is COc1ccc(C)cc1CN(C)C(=O)c1nn(-c2ccccc2[N+](=O)[O-])c(C)cc1=O. The number of carbonyl (C=O) groups excluding carboxylic acids is 1. The quantitative estimate of drug-likeness (QED) is 0.446.